The predicted octanol–water partition coefficient (Wildman–Crippen LogP) is 15.6. The highest BCUT2D eigenvalue weighted by molar-refractivity contribution is 7.25. The Hall–Kier alpha value is -6.94. The third kappa shape index (κ3) is 5.40. The van der Waals surface area contributed by atoms with E-state index in [1.807, 2.05) is 23.5 Å². The van der Waals surface area contributed by atoms with Crippen LogP contribution in [0.25, 0.3) is 86.3 Å². The number of furan rings is 1. The quantitative estimate of drug-likeness (QED) is 0.170. The van der Waals surface area contributed by atoms with E-state index in [1.165, 1.54) is 53.2 Å². The first kappa shape index (κ1) is 31.6. The summed E-state index contributed by atoms with van der Waals surface area (Å²) in [6, 6.07) is 72.4. The topological polar surface area (TPSA) is 16.4 Å². The lowest BCUT2D eigenvalue weighted by molar-refractivity contribution is 0.669. The second-order valence-corrected chi connectivity index (χ2v) is 15.2. The summed E-state index contributed by atoms with van der Waals surface area (Å²) in [6.07, 6.45) is 0. The van der Waals surface area contributed by atoms with Gasteiger partial charge in [0.25, 0.3) is 0 Å². The molecule has 0 N–H and O–H groups in total. The summed E-state index contributed by atoms with van der Waals surface area (Å²) in [4.78, 5) is 2.41. The molecule has 0 aliphatic rings. The first-order valence-corrected chi connectivity index (χ1v) is 19.5. The fourth-order valence-electron chi connectivity index (χ4n) is 8.22. The van der Waals surface area contributed by atoms with Crippen LogP contribution in [0, 0.1) is 0 Å². The number of rotatable bonds is 6. The molecule has 0 bridgehead atoms. The van der Waals surface area contributed by atoms with E-state index >= 15 is 0 Å². The highest BCUT2D eigenvalue weighted by Crippen LogP contribution is 2.44. The Morgan fingerprint density at radius 1 is 0.345 bits per heavy atom. The summed E-state index contributed by atoms with van der Waals surface area (Å²) in [5.41, 5.74) is 12.1. The smallest absolute Gasteiger partial charge is 0.136 e. The summed E-state index contributed by atoms with van der Waals surface area (Å²) in [7, 11) is 0. The number of benzene rings is 9. The molecule has 0 atom stereocenters. The molecular formula is C52H33NOS. The molecule has 3 heteroatoms. The van der Waals surface area contributed by atoms with Gasteiger partial charge in [0, 0.05) is 47.9 Å². The molecule has 0 amide bonds. The summed E-state index contributed by atoms with van der Waals surface area (Å²) in [6.45, 7) is 0. The van der Waals surface area contributed by atoms with Crippen molar-refractivity contribution in [3.8, 4) is 33.4 Å². The zero-order valence-corrected chi connectivity index (χ0v) is 30.6. The van der Waals surface area contributed by atoms with Gasteiger partial charge in [-0.1, -0.05) is 133 Å². The predicted molar refractivity (Wildman–Crippen MR) is 235 cm³/mol. The number of thiophene rings is 1. The van der Waals surface area contributed by atoms with Gasteiger partial charge in [0.15, 0.2) is 0 Å². The monoisotopic (exact) mass is 719 g/mol. The van der Waals surface area contributed by atoms with Crippen LogP contribution < -0.4 is 4.90 Å². The van der Waals surface area contributed by atoms with Crippen LogP contribution in [0.15, 0.2) is 205 Å². The zero-order valence-electron chi connectivity index (χ0n) is 29.8. The van der Waals surface area contributed by atoms with E-state index in [2.05, 4.69) is 193 Å². The number of fused-ring (bicyclic) bond motifs is 7. The van der Waals surface area contributed by atoms with Crippen molar-refractivity contribution in [3.05, 3.63) is 200 Å². The van der Waals surface area contributed by atoms with Gasteiger partial charge < -0.3 is 9.32 Å². The second kappa shape index (κ2) is 12.9. The van der Waals surface area contributed by atoms with Crippen molar-refractivity contribution in [2.24, 2.45) is 0 Å². The third-order valence-electron chi connectivity index (χ3n) is 10.9. The van der Waals surface area contributed by atoms with E-state index in [0.29, 0.717) is 0 Å². The summed E-state index contributed by atoms with van der Waals surface area (Å²) >= 11 is 1.86. The van der Waals surface area contributed by atoms with Crippen LogP contribution in [0.1, 0.15) is 0 Å². The molecule has 2 aromatic heterocycles. The maximum absolute atomic E-state index is 6.26. The van der Waals surface area contributed by atoms with Crippen LogP contribution in [0.3, 0.4) is 0 Å². The molecule has 0 aliphatic carbocycles. The van der Waals surface area contributed by atoms with Crippen molar-refractivity contribution in [2.75, 3.05) is 4.90 Å². The third-order valence-corrected chi connectivity index (χ3v) is 12.0. The van der Waals surface area contributed by atoms with Crippen LogP contribution in [0.2, 0.25) is 0 Å². The molecule has 0 fully saturated rings. The van der Waals surface area contributed by atoms with Gasteiger partial charge in [0.1, 0.15) is 11.2 Å². The average molecular weight is 720 g/mol. The van der Waals surface area contributed by atoms with Gasteiger partial charge in [-0.25, -0.2) is 0 Å². The molecule has 258 valence electrons. The Morgan fingerprint density at radius 3 is 1.91 bits per heavy atom. The minimum atomic E-state index is 0.902. The van der Waals surface area contributed by atoms with Crippen LogP contribution in [0.5, 0.6) is 0 Å². The van der Waals surface area contributed by atoms with Crippen molar-refractivity contribution < 1.29 is 4.42 Å². The summed E-state index contributed by atoms with van der Waals surface area (Å²) < 4.78 is 8.89. The Morgan fingerprint density at radius 2 is 0.982 bits per heavy atom. The van der Waals surface area contributed by atoms with Gasteiger partial charge in [-0.3, -0.25) is 0 Å². The van der Waals surface area contributed by atoms with Gasteiger partial charge in [-0.05, 0) is 105 Å². The normalized spacial score (nSPS) is 11.6. The Kier molecular flexibility index (Phi) is 7.39. The number of hydrogen-bond acceptors (Lipinski definition) is 3. The highest BCUT2D eigenvalue weighted by atomic mass is 32.1. The molecule has 11 aromatic rings. The van der Waals surface area contributed by atoms with Crippen LogP contribution in [-0.4, -0.2) is 0 Å². The Balaban J connectivity index is 1.06. The first-order chi connectivity index (χ1) is 27.2. The average Bonchev–Trinajstić information content (AvgIpc) is 3.82. The molecule has 0 unspecified atom stereocenters. The maximum Gasteiger partial charge on any atom is 0.136 e. The molecule has 2 heterocycles. The molecule has 9 aromatic carbocycles. The van der Waals surface area contributed by atoms with Gasteiger partial charge >= 0.3 is 0 Å². The van der Waals surface area contributed by atoms with Crippen molar-refractivity contribution in [1.82, 2.24) is 0 Å². The summed E-state index contributed by atoms with van der Waals surface area (Å²) in [5.74, 6) is 0. The van der Waals surface area contributed by atoms with E-state index in [4.69, 9.17) is 4.42 Å². The first-order valence-electron chi connectivity index (χ1n) is 18.7. The lowest BCUT2D eigenvalue weighted by Crippen LogP contribution is -2.11. The number of anilines is 3. The molecule has 2 nitrogen and oxygen atoms in total. The van der Waals surface area contributed by atoms with E-state index in [1.54, 1.807) is 0 Å². The van der Waals surface area contributed by atoms with E-state index < -0.39 is 0 Å². The Labute approximate surface area is 322 Å². The van der Waals surface area contributed by atoms with Gasteiger partial charge in [-0.2, -0.15) is 0 Å². The van der Waals surface area contributed by atoms with Gasteiger partial charge in [0.05, 0.1) is 5.69 Å². The van der Waals surface area contributed by atoms with E-state index in [-0.39, 0.29) is 0 Å². The lowest BCUT2D eigenvalue weighted by atomic mass is 9.95. The molecule has 0 aliphatic heterocycles. The zero-order chi connectivity index (χ0) is 36.3. The lowest BCUT2D eigenvalue weighted by Gasteiger charge is -2.29. The maximum atomic E-state index is 6.26. The SMILES string of the molecule is c1cc(-c2ccc3sc4ccccc4c3c2)cc(N(c2ccc(-c3ccc4c(c3)oc3ccccc34)cc2)c2ccccc2-c2cccc3ccccc23)c1. The summed E-state index contributed by atoms with van der Waals surface area (Å²) in [5, 5.41) is 7.36. The van der Waals surface area contributed by atoms with Crippen LogP contribution in [0.4, 0.5) is 17.1 Å². The van der Waals surface area contributed by atoms with Crippen molar-refractivity contribution in [3.63, 3.8) is 0 Å². The van der Waals surface area contributed by atoms with E-state index in [9.17, 15) is 0 Å². The van der Waals surface area contributed by atoms with Crippen LogP contribution in [-0.2, 0) is 0 Å². The minimum Gasteiger partial charge on any atom is -0.456 e. The molecule has 0 saturated heterocycles. The molecule has 55 heavy (non-hydrogen) atoms. The molecule has 0 saturated carbocycles. The second-order valence-electron chi connectivity index (χ2n) is 14.1. The van der Waals surface area contributed by atoms with Gasteiger partial charge in [0.2, 0.25) is 0 Å². The van der Waals surface area contributed by atoms with Crippen molar-refractivity contribution in [1.29, 1.82) is 0 Å². The van der Waals surface area contributed by atoms with E-state index in [0.717, 1.165) is 50.1 Å². The Bertz CT molecular complexity index is 3220. The molecular weight excluding hydrogens is 687 g/mol. The molecule has 0 radical (unpaired) electrons. The largest absolute Gasteiger partial charge is 0.456 e. The van der Waals surface area contributed by atoms with Crippen molar-refractivity contribution in [2.45, 2.75) is 0 Å². The fraction of sp³-hybridized carbons (Fsp3) is 0. The standard InChI is InChI=1S/C52H33NOS/c1-2-15-41-35(11-1)12-10-19-42(41)43-16-3-6-20-48(43)53(39-27-23-34(24-28-39)38-25-29-45-44-17-4-7-21-49(44)54-50(45)33-38)40-14-9-13-36(31-40)37-26-30-52-47(32-37)46-18-5-8-22-51(46)55-52/h1-33H. The number of hydrogen-bond donors (Lipinski definition) is 0. The highest BCUT2D eigenvalue weighted by Gasteiger charge is 2.19. The molecule has 0 spiro atoms. The number of nitrogens with zero attached hydrogens (tertiary/aromatic N) is 1. The van der Waals surface area contributed by atoms with Gasteiger partial charge in [-0.15, -0.1) is 11.3 Å². The van der Waals surface area contributed by atoms with Crippen LogP contribution >= 0.6 is 11.3 Å². The van der Waals surface area contributed by atoms with Crippen molar-refractivity contribution >= 4 is 81.3 Å². The minimum absolute atomic E-state index is 0.902. The number of para-hydroxylation sites is 2. The fourth-order valence-corrected chi connectivity index (χ4v) is 9.31. The molecule has 11 rings (SSSR count).